The number of aromatic nitrogens is 2. The van der Waals surface area contributed by atoms with E-state index in [1.807, 2.05) is 23.6 Å². The highest BCUT2D eigenvalue weighted by molar-refractivity contribution is 7.10. The van der Waals surface area contributed by atoms with E-state index >= 15 is 0 Å². The van der Waals surface area contributed by atoms with Crippen molar-refractivity contribution in [3.63, 3.8) is 0 Å². The van der Waals surface area contributed by atoms with Gasteiger partial charge in [-0.1, -0.05) is 6.07 Å². The Labute approximate surface area is 176 Å². The van der Waals surface area contributed by atoms with E-state index in [-0.39, 0.29) is 11.7 Å². The number of carbonyl (C=O) groups is 1. The minimum absolute atomic E-state index is 0.0830. The summed E-state index contributed by atoms with van der Waals surface area (Å²) in [6, 6.07) is 9.19. The summed E-state index contributed by atoms with van der Waals surface area (Å²) in [5.41, 5.74) is 2.31. The van der Waals surface area contributed by atoms with Crippen LogP contribution >= 0.6 is 11.3 Å². The van der Waals surface area contributed by atoms with Crippen molar-refractivity contribution in [2.45, 2.75) is 24.8 Å². The maximum Gasteiger partial charge on any atom is 0.219 e. The Morgan fingerprint density at radius 1 is 1.13 bits per heavy atom. The number of carbonyl (C=O) groups excluding carboxylic acids is 1. The molecular formula is C21H20N4O4S. The lowest BCUT2D eigenvalue weighted by Gasteiger charge is -2.29. The number of allylic oxidation sites excluding steroid dienone is 1. The van der Waals surface area contributed by atoms with Gasteiger partial charge in [-0.05, 0) is 40.3 Å². The molecule has 0 spiro atoms. The van der Waals surface area contributed by atoms with Crippen LogP contribution in [-0.4, -0.2) is 30.3 Å². The summed E-state index contributed by atoms with van der Waals surface area (Å²) in [4.78, 5) is 14.6. The van der Waals surface area contributed by atoms with E-state index in [9.17, 15) is 4.79 Å². The Balaban J connectivity index is 1.63. The first-order valence-electron chi connectivity index (χ1n) is 9.55. The summed E-state index contributed by atoms with van der Waals surface area (Å²) < 4.78 is 15.9. The van der Waals surface area contributed by atoms with Crippen molar-refractivity contribution in [2.75, 3.05) is 24.9 Å². The molecule has 30 heavy (non-hydrogen) atoms. The molecule has 2 N–H and O–H groups in total. The first kappa shape index (κ1) is 18.7. The summed E-state index contributed by atoms with van der Waals surface area (Å²) in [6.45, 7) is 0. The van der Waals surface area contributed by atoms with Gasteiger partial charge in [-0.25, -0.2) is 4.63 Å². The third-order valence-electron chi connectivity index (χ3n) is 5.53. The summed E-state index contributed by atoms with van der Waals surface area (Å²) >= 11 is 1.67. The van der Waals surface area contributed by atoms with Crippen LogP contribution in [-0.2, 0) is 4.79 Å². The van der Waals surface area contributed by atoms with Crippen LogP contribution < -0.4 is 20.1 Å². The fraction of sp³-hybridized carbons (Fsp3) is 0.286. The molecule has 1 aromatic carbocycles. The van der Waals surface area contributed by atoms with Gasteiger partial charge in [0, 0.05) is 40.1 Å². The van der Waals surface area contributed by atoms with Crippen molar-refractivity contribution in [1.29, 1.82) is 0 Å². The topological polar surface area (TPSA) is 98.5 Å². The number of anilines is 2. The molecule has 2 atom stereocenters. The molecule has 1 aliphatic carbocycles. The highest BCUT2D eigenvalue weighted by Gasteiger charge is 2.38. The molecule has 8 nitrogen and oxygen atoms in total. The Morgan fingerprint density at radius 3 is 2.77 bits per heavy atom. The molecule has 3 heterocycles. The maximum atomic E-state index is 13.4. The number of hydrogen-bond donors (Lipinski definition) is 2. The SMILES string of the molecule is COc1ccc([C@H]2Nc3nonc3NC3=C2C(=O)C[C@H](c2cccs2)C3)c(OC)c1. The second kappa shape index (κ2) is 7.49. The van der Waals surface area contributed by atoms with Gasteiger partial charge in [-0.2, -0.15) is 0 Å². The molecule has 0 radical (unpaired) electrons. The summed E-state index contributed by atoms with van der Waals surface area (Å²) in [5, 5.41) is 16.6. The fourth-order valence-electron chi connectivity index (χ4n) is 4.12. The standard InChI is InChI=1S/C21H20N4O4S/c1-27-12-5-6-13(16(10-12)28-2)19-18-14(22-20-21(23-19)25-29-24-20)8-11(9-15(18)26)17-4-3-7-30-17/h3-7,10-11,19H,8-9H2,1-2H3,(H,22,24)(H,23,25)/t11-,19-/m1/s1. The van der Waals surface area contributed by atoms with Crippen molar-refractivity contribution >= 4 is 28.8 Å². The number of Topliss-reactive ketones (excluding diaryl/α,β-unsaturated/α-hetero) is 1. The third-order valence-corrected chi connectivity index (χ3v) is 6.57. The van der Waals surface area contributed by atoms with Crippen LogP contribution in [0.4, 0.5) is 11.6 Å². The van der Waals surface area contributed by atoms with Crippen LogP contribution in [0, 0.1) is 0 Å². The largest absolute Gasteiger partial charge is 0.497 e. The quantitative estimate of drug-likeness (QED) is 0.645. The molecule has 0 unspecified atom stereocenters. The van der Waals surface area contributed by atoms with Gasteiger partial charge in [-0.15, -0.1) is 11.3 Å². The van der Waals surface area contributed by atoms with E-state index in [1.54, 1.807) is 31.6 Å². The van der Waals surface area contributed by atoms with E-state index in [1.165, 1.54) is 4.88 Å². The van der Waals surface area contributed by atoms with Crippen molar-refractivity contribution in [2.24, 2.45) is 0 Å². The average molecular weight is 424 g/mol. The Bertz CT molecular complexity index is 1120. The average Bonchev–Trinajstić information content (AvgIpc) is 3.42. The predicted molar refractivity (Wildman–Crippen MR) is 112 cm³/mol. The van der Waals surface area contributed by atoms with Crippen LogP contribution in [0.5, 0.6) is 11.5 Å². The zero-order chi connectivity index (χ0) is 20.7. The van der Waals surface area contributed by atoms with Gasteiger partial charge >= 0.3 is 0 Å². The smallest absolute Gasteiger partial charge is 0.219 e. The molecule has 3 aromatic rings. The number of benzene rings is 1. The monoisotopic (exact) mass is 424 g/mol. The summed E-state index contributed by atoms with van der Waals surface area (Å²) in [6.07, 6.45) is 1.15. The molecule has 2 aliphatic rings. The number of fused-ring (bicyclic) bond motifs is 1. The van der Waals surface area contributed by atoms with Crippen molar-refractivity contribution in [3.05, 3.63) is 57.4 Å². The number of ketones is 1. The lowest BCUT2D eigenvalue weighted by molar-refractivity contribution is -0.116. The normalized spacial score (nSPS) is 20.5. The number of nitrogens with zero attached hydrogens (tertiary/aromatic N) is 2. The lowest BCUT2D eigenvalue weighted by atomic mass is 9.80. The zero-order valence-corrected chi connectivity index (χ0v) is 17.3. The van der Waals surface area contributed by atoms with Crippen LogP contribution in [0.3, 0.4) is 0 Å². The van der Waals surface area contributed by atoms with Gasteiger partial charge in [0.2, 0.25) is 11.6 Å². The van der Waals surface area contributed by atoms with Crippen molar-refractivity contribution in [3.8, 4) is 11.5 Å². The number of rotatable bonds is 4. The van der Waals surface area contributed by atoms with Gasteiger partial charge in [0.25, 0.3) is 0 Å². The Kier molecular flexibility index (Phi) is 4.66. The van der Waals surface area contributed by atoms with Gasteiger partial charge in [0.1, 0.15) is 11.5 Å². The molecule has 0 saturated carbocycles. The highest BCUT2D eigenvalue weighted by Crippen LogP contribution is 2.46. The van der Waals surface area contributed by atoms with E-state index < -0.39 is 6.04 Å². The van der Waals surface area contributed by atoms with Gasteiger partial charge in [0.15, 0.2) is 5.78 Å². The first-order chi connectivity index (χ1) is 14.7. The highest BCUT2D eigenvalue weighted by atomic mass is 32.1. The lowest BCUT2D eigenvalue weighted by Crippen LogP contribution is -2.27. The first-order valence-corrected chi connectivity index (χ1v) is 10.4. The Morgan fingerprint density at radius 2 is 2.00 bits per heavy atom. The molecule has 0 saturated heterocycles. The molecule has 0 amide bonds. The van der Waals surface area contributed by atoms with E-state index in [2.05, 4.69) is 27.0 Å². The number of methoxy groups -OCH3 is 2. The molecule has 0 bridgehead atoms. The number of thiophene rings is 1. The minimum atomic E-state index is -0.460. The minimum Gasteiger partial charge on any atom is -0.497 e. The molecule has 2 aromatic heterocycles. The van der Waals surface area contributed by atoms with Crippen LogP contribution in [0.2, 0.25) is 0 Å². The molecule has 154 valence electrons. The number of nitrogens with one attached hydrogen (secondary N) is 2. The van der Waals surface area contributed by atoms with Crippen LogP contribution in [0.1, 0.15) is 35.2 Å². The number of ether oxygens (including phenoxy) is 2. The van der Waals surface area contributed by atoms with E-state index in [0.29, 0.717) is 41.5 Å². The summed E-state index contributed by atoms with van der Waals surface area (Å²) in [7, 11) is 3.20. The molecular weight excluding hydrogens is 404 g/mol. The van der Waals surface area contributed by atoms with Crippen molar-refractivity contribution < 1.29 is 18.9 Å². The summed E-state index contributed by atoms with van der Waals surface area (Å²) in [5.74, 6) is 2.42. The zero-order valence-electron chi connectivity index (χ0n) is 16.5. The third kappa shape index (κ3) is 3.11. The fourth-order valence-corrected chi connectivity index (χ4v) is 4.95. The Hall–Kier alpha value is -3.33. The maximum absolute atomic E-state index is 13.4. The van der Waals surface area contributed by atoms with Gasteiger partial charge in [-0.3, -0.25) is 4.79 Å². The molecule has 1 aliphatic heterocycles. The molecule has 0 fully saturated rings. The van der Waals surface area contributed by atoms with Crippen LogP contribution in [0.25, 0.3) is 0 Å². The second-order valence-corrected chi connectivity index (χ2v) is 8.19. The van der Waals surface area contributed by atoms with Crippen molar-refractivity contribution in [1.82, 2.24) is 10.3 Å². The van der Waals surface area contributed by atoms with Crippen LogP contribution in [0.15, 0.2) is 51.6 Å². The van der Waals surface area contributed by atoms with Gasteiger partial charge in [0.05, 0.1) is 20.3 Å². The van der Waals surface area contributed by atoms with E-state index in [4.69, 9.17) is 14.1 Å². The second-order valence-electron chi connectivity index (χ2n) is 7.21. The predicted octanol–water partition coefficient (Wildman–Crippen LogP) is 4.13. The molecule has 5 rings (SSSR count). The van der Waals surface area contributed by atoms with E-state index in [0.717, 1.165) is 11.3 Å². The molecule has 9 heteroatoms. The number of hydrogen-bond acceptors (Lipinski definition) is 9. The van der Waals surface area contributed by atoms with Gasteiger partial charge < -0.3 is 20.1 Å².